The maximum Gasteiger partial charge on any atom is 0.295 e. The van der Waals surface area contributed by atoms with Gasteiger partial charge in [0.25, 0.3) is 11.7 Å². The number of pyridine rings is 1. The predicted molar refractivity (Wildman–Crippen MR) is 147 cm³/mol. The van der Waals surface area contributed by atoms with Crippen LogP contribution in [0, 0.1) is 6.92 Å². The molecule has 196 valence electrons. The van der Waals surface area contributed by atoms with Crippen LogP contribution in [-0.4, -0.2) is 33.8 Å². The molecule has 1 atom stereocenters. The van der Waals surface area contributed by atoms with Gasteiger partial charge in [-0.25, -0.2) is 0 Å². The largest absolute Gasteiger partial charge is 0.507 e. The summed E-state index contributed by atoms with van der Waals surface area (Å²) in [4.78, 5) is 32.1. The molecule has 5 rings (SSSR count). The van der Waals surface area contributed by atoms with Gasteiger partial charge in [0.1, 0.15) is 23.9 Å². The van der Waals surface area contributed by atoms with E-state index in [4.69, 9.17) is 9.47 Å². The molecule has 39 heavy (non-hydrogen) atoms. The Bertz CT molecular complexity index is 1510. The fourth-order valence-corrected chi connectivity index (χ4v) is 4.70. The summed E-state index contributed by atoms with van der Waals surface area (Å²) in [6.45, 7) is 2.60. The zero-order chi connectivity index (χ0) is 27.4. The first-order chi connectivity index (χ1) is 18.9. The van der Waals surface area contributed by atoms with Gasteiger partial charge in [-0.1, -0.05) is 48.0 Å². The SMILES string of the molecule is COc1ccc([C@@H]2/C(=C(\O)c3ccc(OCc4cccc(C)c4)cc3)C(=O)C(=O)N2Cc2cccnc2)cc1. The van der Waals surface area contributed by atoms with Crippen molar-refractivity contribution in [2.24, 2.45) is 0 Å². The quantitative estimate of drug-likeness (QED) is 0.185. The first-order valence-corrected chi connectivity index (χ1v) is 12.5. The van der Waals surface area contributed by atoms with Gasteiger partial charge in [-0.3, -0.25) is 14.6 Å². The van der Waals surface area contributed by atoms with Crippen LogP contribution < -0.4 is 9.47 Å². The number of hydrogen-bond donors (Lipinski definition) is 1. The summed E-state index contributed by atoms with van der Waals surface area (Å²) >= 11 is 0. The average molecular weight is 521 g/mol. The van der Waals surface area contributed by atoms with Crippen molar-refractivity contribution in [3.63, 3.8) is 0 Å². The number of ketones is 1. The normalized spacial score (nSPS) is 16.4. The van der Waals surface area contributed by atoms with Crippen LogP contribution in [0.4, 0.5) is 0 Å². The molecule has 7 nitrogen and oxygen atoms in total. The Morgan fingerprint density at radius 2 is 1.64 bits per heavy atom. The van der Waals surface area contributed by atoms with E-state index >= 15 is 0 Å². The lowest BCUT2D eigenvalue weighted by atomic mass is 9.95. The topological polar surface area (TPSA) is 89.0 Å². The van der Waals surface area contributed by atoms with Gasteiger partial charge in [0, 0.05) is 24.5 Å². The number of Topliss-reactive ketones (excluding diaryl/α,β-unsaturated/α-hetero) is 1. The molecule has 1 amide bonds. The molecule has 0 saturated carbocycles. The van der Waals surface area contributed by atoms with Crippen LogP contribution in [0.3, 0.4) is 0 Å². The molecule has 0 radical (unpaired) electrons. The average Bonchev–Trinajstić information content (AvgIpc) is 3.21. The molecule has 1 saturated heterocycles. The minimum absolute atomic E-state index is 0.0301. The fourth-order valence-electron chi connectivity index (χ4n) is 4.70. The molecule has 4 aromatic rings. The number of nitrogens with zero attached hydrogens (tertiary/aromatic N) is 2. The van der Waals surface area contributed by atoms with Crippen LogP contribution in [0.2, 0.25) is 0 Å². The summed E-state index contributed by atoms with van der Waals surface area (Å²) in [7, 11) is 1.57. The minimum atomic E-state index is -0.784. The van der Waals surface area contributed by atoms with Gasteiger partial charge in [0.05, 0.1) is 18.7 Å². The highest BCUT2D eigenvalue weighted by atomic mass is 16.5. The second kappa shape index (κ2) is 11.2. The summed E-state index contributed by atoms with van der Waals surface area (Å²) in [6.07, 6.45) is 3.30. The third-order valence-electron chi connectivity index (χ3n) is 6.66. The molecular formula is C32H28N2O5. The minimum Gasteiger partial charge on any atom is -0.507 e. The molecule has 1 N–H and O–H groups in total. The predicted octanol–water partition coefficient (Wildman–Crippen LogP) is 5.60. The van der Waals surface area contributed by atoms with Crippen molar-refractivity contribution in [1.29, 1.82) is 0 Å². The van der Waals surface area contributed by atoms with Crippen LogP contribution in [0.5, 0.6) is 11.5 Å². The highest BCUT2D eigenvalue weighted by Crippen LogP contribution is 2.40. The molecule has 0 aliphatic carbocycles. The Balaban J connectivity index is 1.47. The van der Waals surface area contributed by atoms with E-state index in [-0.39, 0.29) is 17.9 Å². The Morgan fingerprint density at radius 1 is 0.923 bits per heavy atom. The number of hydrogen-bond acceptors (Lipinski definition) is 6. The van der Waals surface area contributed by atoms with Gasteiger partial charge in [0.2, 0.25) is 0 Å². The first kappa shape index (κ1) is 25.7. The smallest absolute Gasteiger partial charge is 0.295 e. The molecule has 3 aromatic carbocycles. The molecule has 1 aliphatic rings. The molecule has 2 heterocycles. The van der Waals surface area contributed by atoms with Crippen LogP contribution in [-0.2, 0) is 22.7 Å². The Hall–Kier alpha value is -4.91. The van der Waals surface area contributed by atoms with Crippen molar-refractivity contribution >= 4 is 17.4 Å². The molecule has 0 spiro atoms. The van der Waals surface area contributed by atoms with Crippen molar-refractivity contribution in [1.82, 2.24) is 9.88 Å². The fraction of sp³-hybridized carbons (Fsp3) is 0.156. The van der Waals surface area contributed by atoms with Crippen LogP contribution >= 0.6 is 0 Å². The highest BCUT2D eigenvalue weighted by Gasteiger charge is 2.46. The van der Waals surface area contributed by atoms with E-state index in [0.29, 0.717) is 29.2 Å². The third kappa shape index (κ3) is 5.52. The van der Waals surface area contributed by atoms with Crippen LogP contribution in [0.15, 0.2) is 103 Å². The lowest BCUT2D eigenvalue weighted by Gasteiger charge is -2.25. The summed E-state index contributed by atoms with van der Waals surface area (Å²) in [5, 5.41) is 11.4. The molecule has 0 unspecified atom stereocenters. The van der Waals surface area contributed by atoms with Crippen molar-refractivity contribution in [3.05, 3.63) is 131 Å². The van der Waals surface area contributed by atoms with E-state index in [0.717, 1.165) is 16.7 Å². The Morgan fingerprint density at radius 3 is 2.31 bits per heavy atom. The lowest BCUT2D eigenvalue weighted by Crippen LogP contribution is -2.29. The molecular weight excluding hydrogens is 492 g/mol. The number of methoxy groups -OCH3 is 1. The van der Waals surface area contributed by atoms with Gasteiger partial charge < -0.3 is 19.5 Å². The highest BCUT2D eigenvalue weighted by molar-refractivity contribution is 6.46. The van der Waals surface area contributed by atoms with Gasteiger partial charge in [0.15, 0.2) is 0 Å². The molecule has 7 heteroatoms. The van der Waals surface area contributed by atoms with Crippen molar-refractivity contribution < 1.29 is 24.2 Å². The summed E-state index contributed by atoms with van der Waals surface area (Å²) in [5.74, 6) is -0.398. The van der Waals surface area contributed by atoms with E-state index in [9.17, 15) is 14.7 Å². The van der Waals surface area contributed by atoms with E-state index in [1.165, 1.54) is 4.90 Å². The maximum atomic E-state index is 13.3. The summed E-state index contributed by atoms with van der Waals surface area (Å²) < 4.78 is 11.2. The second-order valence-electron chi connectivity index (χ2n) is 9.36. The summed E-state index contributed by atoms with van der Waals surface area (Å²) in [5.41, 5.74) is 4.10. The zero-order valence-electron chi connectivity index (χ0n) is 21.7. The number of aryl methyl sites for hydroxylation is 1. The Kier molecular flexibility index (Phi) is 7.41. The number of likely N-dealkylation sites (tertiary alicyclic amines) is 1. The number of rotatable bonds is 8. The van der Waals surface area contributed by atoms with Gasteiger partial charge in [-0.2, -0.15) is 0 Å². The standard InChI is InChI=1S/C32H28N2O5/c1-21-5-3-6-22(17-21)20-39-27-14-10-25(11-15-27)30(35)28-29(24-8-12-26(38-2)13-9-24)34(32(37)31(28)36)19-23-7-4-16-33-18-23/h3-18,29,35H,19-20H2,1-2H3/b30-28+/t29-/m1/s1. The van der Waals surface area contributed by atoms with E-state index < -0.39 is 17.7 Å². The van der Waals surface area contributed by atoms with E-state index in [1.807, 2.05) is 31.2 Å². The number of ether oxygens (including phenoxy) is 2. The zero-order valence-corrected chi connectivity index (χ0v) is 21.7. The molecule has 1 fully saturated rings. The van der Waals surface area contributed by atoms with Crippen LogP contribution in [0.25, 0.3) is 5.76 Å². The number of aromatic nitrogens is 1. The van der Waals surface area contributed by atoms with E-state index in [2.05, 4.69) is 11.1 Å². The number of carbonyl (C=O) groups excluding carboxylic acids is 2. The van der Waals surface area contributed by atoms with E-state index in [1.54, 1.807) is 74.1 Å². The van der Waals surface area contributed by atoms with Crippen molar-refractivity contribution in [2.45, 2.75) is 26.1 Å². The first-order valence-electron chi connectivity index (χ1n) is 12.5. The maximum absolute atomic E-state index is 13.3. The molecule has 1 aromatic heterocycles. The van der Waals surface area contributed by atoms with Crippen molar-refractivity contribution in [2.75, 3.05) is 7.11 Å². The number of aliphatic hydroxyl groups is 1. The van der Waals surface area contributed by atoms with Crippen molar-refractivity contribution in [3.8, 4) is 11.5 Å². The van der Waals surface area contributed by atoms with Gasteiger partial charge in [-0.05, 0) is 66.1 Å². The number of carbonyl (C=O) groups is 2. The number of amides is 1. The lowest BCUT2D eigenvalue weighted by molar-refractivity contribution is -0.140. The second-order valence-corrected chi connectivity index (χ2v) is 9.36. The number of benzene rings is 3. The van der Waals surface area contributed by atoms with Gasteiger partial charge in [-0.15, -0.1) is 0 Å². The van der Waals surface area contributed by atoms with Gasteiger partial charge >= 0.3 is 0 Å². The third-order valence-corrected chi connectivity index (χ3v) is 6.66. The monoisotopic (exact) mass is 520 g/mol. The Labute approximate surface area is 227 Å². The van der Waals surface area contributed by atoms with Crippen LogP contribution in [0.1, 0.15) is 33.9 Å². The summed E-state index contributed by atoms with van der Waals surface area (Å²) in [6, 6.07) is 24.8. The number of aliphatic hydroxyl groups excluding tert-OH is 1. The molecule has 1 aliphatic heterocycles. The molecule has 0 bridgehead atoms.